The molecule has 1 nitrogen and oxygen atoms in total. The lowest BCUT2D eigenvalue weighted by molar-refractivity contribution is -0.246. The molecule has 1 N–H and O–H groups in total. The highest BCUT2D eigenvalue weighted by Gasteiger charge is 2.61. The smallest absolute Gasteiger partial charge is 0.372 e. The van der Waals surface area contributed by atoms with Gasteiger partial charge in [0, 0.05) is 11.1 Å². The Balaban J connectivity index is 2.09. The van der Waals surface area contributed by atoms with Gasteiger partial charge < -0.3 is 5.11 Å². The van der Waals surface area contributed by atoms with E-state index >= 15 is 0 Å². The summed E-state index contributed by atoms with van der Waals surface area (Å²) < 4.78 is 40.8. The molecule has 2 aliphatic rings. The second-order valence-corrected chi connectivity index (χ2v) is 5.80. The second kappa shape index (κ2) is 3.89. The number of fused-ring (bicyclic) bond motifs is 3. The van der Waals surface area contributed by atoms with E-state index in [0.717, 1.165) is 18.4 Å². The van der Waals surface area contributed by atoms with Crippen molar-refractivity contribution in [3.05, 3.63) is 59.2 Å². The van der Waals surface area contributed by atoms with Crippen molar-refractivity contribution in [3.8, 4) is 11.1 Å². The predicted octanol–water partition coefficient (Wildman–Crippen LogP) is 4.34. The first kappa shape index (κ1) is 12.9. The quantitative estimate of drug-likeness (QED) is 0.828. The topological polar surface area (TPSA) is 20.2 Å². The van der Waals surface area contributed by atoms with Crippen LogP contribution in [0.1, 0.15) is 35.4 Å². The highest BCUT2D eigenvalue weighted by atomic mass is 19.4. The average molecular weight is 290 g/mol. The predicted molar refractivity (Wildman–Crippen MR) is 72.9 cm³/mol. The summed E-state index contributed by atoms with van der Waals surface area (Å²) in [5.41, 5.74) is -0.962. The lowest BCUT2D eigenvalue weighted by Gasteiger charge is -2.28. The normalized spacial score (nSPS) is 23.8. The van der Waals surface area contributed by atoms with Gasteiger partial charge in [-0.3, -0.25) is 0 Å². The van der Waals surface area contributed by atoms with Gasteiger partial charge in [0.05, 0.1) is 0 Å². The molecule has 2 aliphatic carbocycles. The zero-order valence-electron chi connectivity index (χ0n) is 11.1. The molecule has 0 radical (unpaired) electrons. The van der Waals surface area contributed by atoms with Crippen molar-refractivity contribution >= 4 is 0 Å². The fourth-order valence-electron chi connectivity index (χ4n) is 3.37. The minimum atomic E-state index is -4.74. The van der Waals surface area contributed by atoms with E-state index in [-0.39, 0.29) is 11.1 Å². The van der Waals surface area contributed by atoms with Gasteiger partial charge in [-0.25, -0.2) is 0 Å². The van der Waals surface area contributed by atoms with Crippen molar-refractivity contribution in [1.29, 1.82) is 0 Å². The van der Waals surface area contributed by atoms with E-state index < -0.39 is 11.8 Å². The highest BCUT2D eigenvalue weighted by Crippen LogP contribution is 2.58. The number of hydrogen-bond donors (Lipinski definition) is 1. The summed E-state index contributed by atoms with van der Waals surface area (Å²) in [6.45, 7) is 0. The van der Waals surface area contributed by atoms with Gasteiger partial charge >= 0.3 is 6.18 Å². The van der Waals surface area contributed by atoms with Gasteiger partial charge in [-0.2, -0.15) is 13.2 Å². The zero-order valence-corrected chi connectivity index (χ0v) is 11.1. The zero-order chi connectivity index (χ0) is 14.8. The third-order valence-corrected chi connectivity index (χ3v) is 4.50. The van der Waals surface area contributed by atoms with Crippen LogP contribution in [0.25, 0.3) is 11.1 Å². The maximum Gasteiger partial charge on any atom is 0.425 e. The molecule has 2 aromatic carbocycles. The fraction of sp³-hybridized carbons (Fsp3) is 0.294. The van der Waals surface area contributed by atoms with E-state index in [1.165, 1.54) is 18.2 Å². The van der Waals surface area contributed by atoms with E-state index in [4.69, 9.17) is 0 Å². The largest absolute Gasteiger partial charge is 0.425 e. The van der Waals surface area contributed by atoms with Crippen LogP contribution in [0.2, 0.25) is 0 Å². The first-order valence-corrected chi connectivity index (χ1v) is 6.97. The molecular formula is C17H13F3O. The van der Waals surface area contributed by atoms with Gasteiger partial charge in [0.25, 0.3) is 0 Å². The summed E-state index contributed by atoms with van der Waals surface area (Å²) in [7, 11) is 0. The number of hydrogen-bond acceptors (Lipinski definition) is 1. The van der Waals surface area contributed by atoms with Gasteiger partial charge in [-0.1, -0.05) is 42.5 Å². The van der Waals surface area contributed by atoms with Crippen molar-refractivity contribution in [2.45, 2.75) is 30.5 Å². The Morgan fingerprint density at radius 3 is 2.29 bits per heavy atom. The molecule has 0 aromatic heterocycles. The van der Waals surface area contributed by atoms with Gasteiger partial charge in [0.15, 0.2) is 0 Å². The van der Waals surface area contributed by atoms with E-state index in [0.29, 0.717) is 17.0 Å². The first-order chi connectivity index (χ1) is 9.94. The van der Waals surface area contributed by atoms with E-state index in [1.54, 1.807) is 18.2 Å². The molecule has 0 bridgehead atoms. The van der Waals surface area contributed by atoms with E-state index in [1.807, 2.05) is 6.07 Å². The molecule has 21 heavy (non-hydrogen) atoms. The Morgan fingerprint density at radius 2 is 1.62 bits per heavy atom. The van der Waals surface area contributed by atoms with Crippen LogP contribution < -0.4 is 0 Å². The van der Waals surface area contributed by atoms with E-state index in [2.05, 4.69) is 0 Å². The average Bonchev–Trinajstić information content (AvgIpc) is 3.25. The third kappa shape index (κ3) is 1.57. The Morgan fingerprint density at radius 1 is 0.952 bits per heavy atom. The number of rotatable bonds is 1. The lowest BCUT2D eigenvalue weighted by atomic mass is 9.90. The van der Waals surface area contributed by atoms with Crippen LogP contribution in [0, 0.1) is 0 Å². The van der Waals surface area contributed by atoms with Gasteiger partial charge in [-0.05, 0) is 35.4 Å². The third-order valence-electron chi connectivity index (χ3n) is 4.50. The highest BCUT2D eigenvalue weighted by molar-refractivity contribution is 5.83. The minimum Gasteiger partial charge on any atom is -0.372 e. The Kier molecular flexibility index (Phi) is 2.39. The molecule has 4 rings (SSSR count). The summed E-state index contributed by atoms with van der Waals surface area (Å²) in [4.78, 5) is 0. The van der Waals surface area contributed by atoms with Crippen LogP contribution in [0.15, 0.2) is 42.5 Å². The summed E-state index contributed by atoms with van der Waals surface area (Å²) in [5.74, 6) is 0.323. The Bertz CT molecular complexity index is 731. The van der Waals surface area contributed by atoms with Gasteiger partial charge in [-0.15, -0.1) is 0 Å². The van der Waals surface area contributed by atoms with Crippen molar-refractivity contribution < 1.29 is 18.3 Å². The molecule has 108 valence electrons. The number of benzene rings is 2. The van der Waals surface area contributed by atoms with Gasteiger partial charge in [0.2, 0.25) is 5.60 Å². The molecule has 0 saturated heterocycles. The standard InChI is InChI=1S/C17H13F3O/c18-17(19,20)16(21)13-6-2-1-4-12(13)15-11(10-8-9-10)5-3-7-14(15)16/h1-7,10,21H,8-9H2. The molecule has 0 spiro atoms. The molecule has 4 heteroatoms. The maximum absolute atomic E-state index is 13.6. The van der Waals surface area contributed by atoms with E-state index in [9.17, 15) is 18.3 Å². The maximum atomic E-state index is 13.6. The van der Waals surface area contributed by atoms with Gasteiger partial charge in [0.1, 0.15) is 0 Å². The monoisotopic (exact) mass is 290 g/mol. The van der Waals surface area contributed by atoms with Crippen LogP contribution in [-0.4, -0.2) is 11.3 Å². The molecule has 1 saturated carbocycles. The van der Waals surface area contributed by atoms with Crippen LogP contribution in [0.4, 0.5) is 13.2 Å². The van der Waals surface area contributed by atoms with Crippen molar-refractivity contribution in [3.63, 3.8) is 0 Å². The van der Waals surface area contributed by atoms with Crippen LogP contribution in [0.5, 0.6) is 0 Å². The molecular weight excluding hydrogens is 277 g/mol. The number of aliphatic hydroxyl groups is 1. The molecule has 1 unspecified atom stereocenters. The minimum absolute atomic E-state index is 0.0272. The molecule has 1 atom stereocenters. The van der Waals surface area contributed by atoms with Crippen LogP contribution >= 0.6 is 0 Å². The molecule has 0 amide bonds. The summed E-state index contributed by atoms with van der Waals surface area (Å²) in [6.07, 6.45) is -2.73. The Hall–Kier alpha value is -1.81. The molecule has 0 heterocycles. The molecule has 2 aromatic rings. The summed E-state index contributed by atoms with van der Waals surface area (Å²) >= 11 is 0. The number of alkyl halides is 3. The molecule has 1 fully saturated rings. The first-order valence-electron chi connectivity index (χ1n) is 6.97. The lowest BCUT2D eigenvalue weighted by Crippen LogP contribution is -2.41. The summed E-state index contributed by atoms with van der Waals surface area (Å²) in [5, 5.41) is 10.5. The van der Waals surface area contributed by atoms with Crippen molar-refractivity contribution in [2.24, 2.45) is 0 Å². The Labute approximate surface area is 120 Å². The van der Waals surface area contributed by atoms with Crippen LogP contribution in [0.3, 0.4) is 0 Å². The fourth-order valence-corrected chi connectivity index (χ4v) is 3.37. The molecule has 0 aliphatic heterocycles. The van der Waals surface area contributed by atoms with Crippen LogP contribution in [-0.2, 0) is 5.60 Å². The SMILES string of the molecule is OC1(C(F)(F)F)c2ccccc2-c2c(C3CC3)cccc21. The summed E-state index contributed by atoms with van der Waals surface area (Å²) in [6, 6.07) is 11.2. The van der Waals surface area contributed by atoms with Crippen molar-refractivity contribution in [2.75, 3.05) is 0 Å². The number of halogens is 3. The van der Waals surface area contributed by atoms with Crippen molar-refractivity contribution in [1.82, 2.24) is 0 Å². The second-order valence-electron chi connectivity index (χ2n) is 5.80.